The molecule has 2 rings (SSSR count). The normalized spacial score (nSPS) is 23.0. The molecule has 1 heterocycles. The lowest BCUT2D eigenvalue weighted by Crippen LogP contribution is -2.63. The van der Waals surface area contributed by atoms with Gasteiger partial charge in [-0.1, -0.05) is 6.07 Å². The van der Waals surface area contributed by atoms with Gasteiger partial charge in [0.1, 0.15) is 5.82 Å². The molecule has 7 nitrogen and oxygen atoms in total. The van der Waals surface area contributed by atoms with Gasteiger partial charge in [-0.3, -0.25) is 4.79 Å². The van der Waals surface area contributed by atoms with Gasteiger partial charge < -0.3 is 25.8 Å². The van der Waals surface area contributed by atoms with Crippen LogP contribution < -0.4 is 11.5 Å². The van der Waals surface area contributed by atoms with E-state index in [1.807, 2.05) is 6.92 Å². The summed E-state index contributed by atoms with van der Waals surface area (Å²) in [6, 6.07) is 3.28. The zero-order chi connectivity index (χ0) is 19.3. The third-order valence-corrected chi connectivity index (χ3v) is 4.75. The van der Waals surface area contributed by atoms with Gasteiger partial charge in [-0.05, 0) is 43.5 Å². The van der Waals surface area contributed by atoms with Crippen LogP contribution in [0.4, 0.5) is 9.18 Å². The van der Waals surface area contributed by atoms with Crippen molar-refractivity contribution in [3.63, 3.8) is 0 Å². The molecule has 4 N–H and O–H groups in total. The Hall–Kier alpha value is -2.19. The number of halogens is 1. The van der Waals surface area contributed by atoms with Crippen molar-refractivity contribution in [1.82, 2.24) is 4.90 Å². The molecule has 1 aromatic rings. The number of ether oxygens (including phenoxy) is 2. The molecule has 1 fully saturated rings. The highest BCUT2D eigenvalue weighted by Gasteiger charge is 2.51. The molecule has 0 saturated carbocycles. The lowest BCUT2D eigenvalue weighted by Gasteiger charge is -2.47. The van der Waals surface area contributed by atoms with Gasteiger partial charge in [0.25, 0.3) is 0 Å². The molecular formula is C18H26FN3O4. The fourth-order valence-electron chi connectivity index (χ4n) is 3.58. The number of primary amides is 2. The quantitative estimate of drug-likeness (QED) is 0.710. The highest BCUT2D eigenvalue weighted by atomic mass is 19.1. The third kappa shape index (κ3) is 3.96. The minimum Gasteiger partial charge on any atom is -0.379 e. The van der Waals surface area contributed by atoms with E-state index in [0.717, 1.165) is 0 Å². The minimum absolute atomic E-state index is 0.157. The van der Waals surface area contributed by atoms with Crippen molar-refractivity contribution in [3.05, 3.63) is 35.1 Å². The van der Waals surface area contributed by atoms with Crippen molar-refractivity contribution < 1.29 is 23.5 Å². The molecule has 26 heavy (non-hydrogen) atoms. The van der Waals surface area contributed by atoms with Gasteiger partial charge in [-0.2, -0.15) is 0 Å². The highest BCUT2D eigenvalue weighted by molar-refractivity contribution is 5.91. The van der Waals surface area contributed by atoms with Gasteiger partial charge in [-0.25, -0.2) is 9.18 Å². The van der Waals surface area contributed by atoms with Crippen LogP contribution in [0, 0.1) is 12.7 Å². The molecule has 3 amide bonds. The number of nitrogens with zero attached hydrogens (tertiary/aromatic N) is 1. The fourth-order valence-corrected chi connectivity index (χ4v) is 3.58. The number of aryl methyl sites for hydroxylation is 1. The first-order valence-corrected chi connectivity index (χ1v) is 8.65. The number of benzene rings is 1. The number of likely N-dealkylation sites (tertiary alicyclic amines) is 1. The van der Waals surface area contributed by atoms with Crippen molar-refractivity contribution in [2.45, 2.75) is 38.3 Å². The standard InChI is InChI=1S/C18H26FN3O4/c1-3-25-8-9-26-14-6-7-22(17(21)24)18(11-14,16(20)23)15-5-4-13(19)10-12(15)2/h4-5,10,14H,3,6-9,11H2,1-2H3,(H2,20,23)(H2,21,24). The van der Waals surface area contributed by atoms with Crippen LogP contribution in [0.5, 0.6) is 0 Å². The van der Waals surface area contributed by atoms with E-state index < -0.39 is 23.3 Å². The van der Waals surface area contributed by atoms with Crippen LogP contribution in [0.2, 0.25) is 0 Å². The predicted molar refractivity (Wildman–Crippen MR) is 93.8 cm³/mol. The average molecular weight is 367 g/mol. The van der Waals surface area contributed by atoms with Crippen LogP contribution >= 0.6 is 0 Å². The van der Waals surface area contributed by atoms with E-state index in [4.69, 9.17) is 20.9 Å². The van der Waals surface area contributed by atoms with Crippen molar-refractivity contribution in [2.24, 2.45) is 11.5 Å². The Morgan fingerprint density at radius 3 is 2.65 bits per heavy atom. The Labute approximate surface area is 152 Å². The van der Waals surface area contributed by atoms with Crippen molar-refractivity contribution in [2.75, 3.05) is 26.4 Å². The SMILES string of the molecule is CCOCCOC1CCN(C(N)=O)C(C(N)=O)(c2ccc(F)cc2C)C1. The number of nitrogens with two attached hydrogens (primary N) is 2. The monoisotopic (exact) mass is 367 g/mol. The zero-order valence-electron chi connectivity index (χ0n) is 15.2. The van der Waals surface area contributed by atoms with Crippen LogP contribution in [0.3, 0.4) is 0 Å². The summed E-state index contributed by atoms with van der Waals surface area (Å²) >= 11 is 0. The number of carbonyl (C=O) groups excluding carboxylic acids is 2. The summed E-state index contributed by atoms with van der Waals surface area (Å²) in [5.74, 6) is -1.15. The highest BCUT2D eigenvalue weighted by Crippen LogP contribution is 2.40. The third-order valence-electron chi connectivity index (χ3n) is 4.75. The summed E-state index contributed by atoms with van der Waals surface area (Å²) < 4.78 is 24.6. The molecule has 0 aromatic heterocycles. The van der Waals surface area contributed by atoms with Crippen molar-refractivity contribution >= 4 is 11.9 Å². The van der Waals surface area contributed by atoms with E-state index >= 15 is 0 Å². The first kappa shape index (κ1) is 20.1. The summed E-state index contributed by atoms with van der Waals surface area (Å²) in [4.78, 5) is 25.8. The summed E-state index contributed by atoms with van der Waals surface area (Å²) in [5.41, 5.74) is 10.8. The van der Waals surface area contributed by atoms with Crippen LogP contribution in [0.15, 0.2) is 18.2 Å². The molecule has 0 radical (unpaired) electrons. The van der Waals surface area contributed by atoms with Gasteiger partial charge in [0.2, 0.25) is 5.91 Å². The van der Waals surface area contributed by atoms with E-state index in [1.165, 1.54) is 23.1 Å². The molecule has 1 aliphatic heterocycles. The topological polar surface area (TPSA) is 108 Å². The number of amides is 3. The Bertz CT molecular complexity index is 670. The van der Waals surface area contributed by atoms with Crippen molar-refractivity contribution in [1.29, 1.82) is 0 Å². The van der Waals surface area contributed by atoms with Gasteiger partial charge in [-0.15, -0.1) is 0 Å². The van der Waals surface area contributed by atoms with Gasteiger partial charge in [0.15, 0.2) is 5.54 Å². The predicted octanol–water partition coefficient (Wildman–Crippen LogP) is 1.41. The Morgan fingerprint density at radius 2 is 2.08 bits per heavy atom. The number of hydrogen-bond acceptors (Lipinski definition) is 4. The maximum atomic E-state index is 13.6. The number of rotatable bonds is 7. The summed E-state index contributed by atoms with van der Waals surface area (Å²) in [6.45, 7) is 5.17. The molecule has 0 bridgehead atoms. The number of hydrogen-bond donors (Lipinski definition) is 2. The maximum absolute atomic E-state index is 13.6. The second-order valence-electron chi connectivity index (χ2n) is 6.36. The molecule has 2 unspecified atom stereocenters. The second-order valence-corrected chi connectivity index (χ2v) is 6.36. The van der Waals surface area contributed by atoms with Crippen LogP contribution in [-0.4, -0.2) is 49.3 Å². The first-order valence-electron chi connectivity index (χ1n) is 8.65. The van der Waals surface area contributed by atoms with E-state index in [2.05, 4.69) is 0 Å². The van der Waals surface area contributed by atoms with E-state index in [0.29, 0.717) is 37.4 Å². The Kier molecular flexibility index (Phi) is 6.55. The molecular weight excluding hydrogens is 341 g/mol. The van der Waals surface area contributed by atoms with E-state index in [-0.39, 0.29) is 19.1 Å². The van der Waals surface area contributed by atoms with Crippen LogP contribution in [0.1, 0.15) is 30.9 Å². The molecule has 2 atom stereocenters. The first-order chi connectivity index (χ1) is 12.3. The molecule has 1 saturated heterocycles. The van der Waals surface area contributed by atoms with Crippen molar-refractivity contribution in [3.8, 4) is 0 Å². The Morgan fingerprint density at radius 1 is 1.35 bits per heavy atom. The lowest BCUT2D eigenvalue weighted by atomic mass is 9.76. The number of carbonyl (C=O) groups is 2. The minimum atomic E-state index is -1.47. The number of urea groups is 1. The van der Waals surface area contributed by atoms with Crippen LogP contribution in [-0.2, 0) is 19.8 Å². The van der Waals surface area contributed by atoms with Gasteiger partial charge in [0.05, 0.1) is 19.3 Å². The molecule has 1 aliphatic rings. The molecule has 1 aromatic carbocycles. The van der Waals surface area contributed by atoms with E-state index in [1.54, 1.807) is 6.92 Å². The molecule has 8 heteroatoms. The average Bonchev–Trinajstić information content (AvgIpc) is 2.58. The second kappa shape index (κ2) is 8.46. The summed E-state index contributed by atoms with van der Waals surface area (Å²) in [5, 5.41) is 0. The smallest absolute Gasteiger partial charge is 0.315 e. The molecule has 0 aliphatic carbocycles. The van der Waals surface area contributed by atoms with Crippen LogP contribution in [0.25, 0.3) is 0 Å². The summed E-state index contributed by atoms with van der Waals surface area (Å²) in [7, 11) is 0. The van der Waals surface area contributed by atoms with E-state index in [9.17, 15) is 14.0 Å². The molecule has 144 valence electrons. The largest absolute Gasteiger partial charge is 0.379 e. The maximum Gasteiger partial charge on any atom is 0.315 e. The number of piperidine rings is 1. The fraction of sp³-hybridized carbons (Fsp3) is 0.556. The Balaban J connectivity index is 2.39. The molecule has 0 spiro atoms. The van der Waals surface area contributed by atoms with Gasteiger partial charge >= 0.3 is 6.03 Å². The summed E-state index contributed by atoms with van der Waals surface area (Å²) in [6.07, 6.45) is 0.372. The van der Waals surface area contributed by atoms with Gasteiger partial charge in [0, 0.05) is 19.6 Å². The zero-order valence-corrected chi connectivity index (χ0v) is 15.2. The lowest BCUT2D eigenvalue weighted by molar-refractivity contribution is -0.136.